The van der Waals surface area contributed by atoms with Crippen LogP contribution in [0.1, 0.15) is 13.8 Å². The number of methoxy groups -OCH3 is 1. The monoisotopic (exact) mass is 259 g/mol. The SMILES string of the molecule is COC1=NC(C)C(C)=CC=C1COS(C)(=O)=O. The number of allylic oxidation sites excluding steroid dienone is 2. The first-order valence-electron chi connectivity index (χ1n) is 5.17. The molecule has 1 aliphatic heterocycles. The molecule has 5 nitrogen and oxygen atoms in total. The quantitative estimate of drug-likeness (QED) is 0.716. The van der Waals surface area contributed by atoms with Crippen molar-refractivity contribution < 1.29 is 17.3 Å². The van der Waals surface area contributed by atoms with Crippen molar-refractivity contribution in [3.63, 3.8) is 0 Å². The molecule has 0 amide bonds. The van der Waals surface area contributed by atoms with Crippen LogP contribution in [0.15, 0.2) is 28.3 Å². The average molecular weight is 259 g/mol. The minimum atomic E-state index is -3.47. The predicted octanol–water partition coefficient (Wildman–Crippen LogP) is 1.28. The van der Waals surface area contributed by atoms with E-state index in [1.54, 1.807) is 6.08 Å². The van der Waals surface area contributed by atoms with E-state index in [0.717, 1.165) is 11.8 Å². The first-order valence-corrected chi connectivity index (χ1v) is 6.99. The van der Waals surface area contributed by atoms with Gasteiger partial charge in [-0.1, -0.05) is 12.2 Å². The fraction of sp³-hybridized carbons (Fsp3) is 0.545. The maximum Gasteiger partial charge on any atom is 0.264 e. The van der Waals surface area contributed by atoms with E-state index in [4.69, 9.17) is 8.92 Å². The first-order chi connectivity index (χ1) is 7.83. The van der Waals surface area contributed by atoms with Crippen molar-refractivity contribution in [3.05, 3.63) is 23.3 Å². The molecule has 0 aromatic heterocycles. The highest BCUT2D eigenvalue weighted by Gasteiger charge is 2.15. The molecule has 1 unspecified atom stereocenters. The van der Waals surface area contributed by atoms with Crippen LogP contribution in [0.4, 0.5) is 0 Å². The maximum atomic E-state index is 10.9. The Morgan fingerprint density at radius 1 is 1.41 bits per heavy atom. The van der Waals surface area contributed by atoms with Gasteiger partial charge in [0.25, 0.3) is 10.1 Å². The van der Waals surface area contributed by atoms with Crippen molar-refractivity contribution in [1.29, 1.82) is 0 Å². The number of nitrogens with zero attached hydrogens (tertiary/aromatic N) is 1. The lowest BCUT2D eigenvalue weighted by Gasteiger charge is -2.10. The van der Waals surface area contributed by atoms with Gasteiger partial charge in [0, 0.05) is 5.57 Å². The van der Waals surface area contributed by atoms with Crippen LogP contribution in [0.2, 0.25) is 0 Å². The third kappa shape index (κ3) is 4.32. The summed E-state index contributed by atoms with van der Waals surface area (Å²) >= 11 is 0. The summed E-state index contributed by atoms with van der Waals surface area (Å²) in [5, 5.41) is 0. The zero-order valence-electron chi connectivity index (χ0n) is 10.4. The summed E-state index contributed by atoms with van der Waals surface area (Å²) in [5.41, 5.74) is 1.69. The van der Waals surface area contributed by atoms with Gasteiger partial charge in [-0.15, -0.1) is 0 Å². The second-order valence-electron chi connectivity index (χ2n) is 3.88. The smallest absolute Gasteiger partial charge is 0.264 e. The molecule has 0 aromatic rings. The molecule has 0 bridgehead atoms. The molecule has 0 fully saturated rings. The van der Waals surface area contributed by atoms with Gasteiger partial charge in [-0.2, -0.15) is 8.42 Å². The predicted molar refractivity (Wildman–Crippen MR) is 66.5 cm³/mol. The molecule has 0 radical (unpaired) electrons. The van der Waals surface area contributed by atoms with Crippen molar-refractivity contribution in [3.8, 4) is 0 Å². The Kier molecular flexibility index (Phi) is 4.47. The Morgan fingerprint density at radius 2 is 2.06 bits per heavy atom. The first kappa shape index (κ1) is 13.9. The van der Waals surface area contributed by atoms with Crippen LogP contribution >= 0.6 is 0 Å². The van der Waals surface area contributed by atoms with Gasteiger partial charge in [0.05, 0.1) is 26.0 Å². The number of hydrogen-bond donors (Lipinski definition) is 0. The molecule has 96 valence electrons. The van der Waals surface area contributed by atoms with Crippen molar-refractivity contribution in [1.82, 2.24) is 0 Å². The molecule has 0 spiro atoms. The van der Waals surface area contributed by atoms with E-state index in [-0.39, 0.29) is 12.6 Å². The second-order valence-corrected chi connectivity index (χ2v) is 5.53. The van der Waals surface area contributed by atoms with Gasteiger partial charge in [0.15, 0.2) is 0 Å². The fourth-order valence-electron chi connectivity index (χ4n) is 1.27. The summed E-state index contributed by atoms with van der Waals surface area (Å²) < 4.78 is 31.8. The molecule has 0 aliphatic carbocycles. The van der Waals surface area contributed by atoms with Gasteiger partial charge < -0.3 is 4.74 Å². The van der Waals surface area contributed by atoms with Crippen LogP contribution in [-0.4, -0.2) is 40.3 Å². The highest BCUT2D eigenvalue weighted by atomic mass is 32.2. The largest absolute Gasteiger partial charge is 0.481 e. The average Bonchev–Trinajstić information content (AvgIpc) is 2.36. The van der Waals surface area contributed by atoms with Gasteiger partial charge in [0.2, 0.25) is 5.90 Å². The highest BCUT2D eigenvalue weighted by molar-refractivity contribution is 7.86. The Hall–Kier alpha value is -1.14. The molecule has 6 heteroatoms. The van der Waals surface area contributed by atoms with Gasteiger partial charge >= 0.3 is 0 Å². The highest BCUT2D eigenvalue weighted by Crippen LogP contribution is 2.15. The molecular formula is C11H17NO4S. The van der Waals surface area contributed by atoms with Crippen molar-refractivity contribution in [2.75, 3.05) is 20.0 Å². The zero-order valence-corrected chi connectivity index (χ0v) is 11.2. The summed E-state index contributed by atoms with van der Waals surface area (Å²) in [7, 11) is -1.97. The standard InChI is InChI=1S/C11H17NO4S/c1-8-5-6-10(7-16-17(4,13)14)11(15-3)12-9(8)2/h5-6,9H,7H2,1-4H3. The molecule has 1 aliphatic rings. The summed E-state index contributed by atoms with van der Waals surface area (Å²) in [6.07, 6.45) is 4.67. The van der Waals surface area contributed by atoms with Crippen LogP contribution in [-0.2, 0) is 19.0 Å². The summed E-state index contributed by atoms with van der Waals surface area (Å²) in [6, 6.07) is 0.0110. The normalized spacial score (nSPS) is 21.2. The van der Waals surface area contributed by atoms with E-state index in [1.807, 2.05) is 19.9 Å². The van der Waals surface area contributed by atoms with Gasteiger partial charge in [-0.05, 0) is 19.4 Å². The number of ether oxygens (including phenoxy) is 1. The van der Waals surface area contributed by atoms with E-state index >= 15 is 0 Å². The number of aliphatic imine (C=N–C) groups is 1. The maximum absolute atomic E-state index is 10.9. The van der Waals surface area contributed by atoms with Crippen molar-refractivity contribution >= 4 is 16.0 Å². The van der Waals surface area contributed by atoms with Crippen LogP contribution in [0, 0.1) is 0 Å². The molecule has 0 aromatic carbocycles. The van der Waals surface area contributed by atoms with Crippen molar-refractivity contribution in [2.24, 2.45) is 4.99 Å². The lowest BCUT2D eigenvalue weighted by Crippen LogP contribution is -2.15. The molecule has 1 heterocycles. The Bertz CT molecular complexity index is 474. The van der Waals surface area contributed by atoms with Crippen LogP contribution < -0.4 is 0 Å². The molecule has 0 N–H and O–H groups in total. The second kappa shape index (κ2) is 5.46. The van der Waals surface area contributed by atoms with E-state index < -0.39 is 10.1 Å². The third-order valence-corrected chi connectivity index (χ3v) is 2.96. The topological polar surface area (TPSA) is 65.0 Å². The lowest BCUT2D eigenvalue weighted by atomic mass is 10.1. The zero-order chi connectivity index (χ0) is 13.1. The lowest BCUT2D eigenvalue weighted by molar-refractivity contribution is 0.344. The van der Waals surface area contributed by atoms with Crippen molar-refractivity contribution in [2.45, 2.75) is 19.9 Å². The van der Waals surface area contributed by atoms with E-state index in [1.165, 1.54) is 7.11 Å². The Morgan fingerprint density at radius 3 is 2.59 bits per heavy atom. The minimum Gasteiger partial charge on any atom is -0.481 e. The summed E-state index contributed by atoms with van der Waals surface area (Å²) in [4.78, 5) is 4.34. The van der Waals surface area contributed by atoms with E-state index in [9.17, 15) is 8.42 Å². The van der Waals surface area contributed by atoms with Crippen LogP contribution in [0.3, 0.4) is 0 Å². The summed E-state index contributed by atoms with van der Waals surface area (Å²) in [5.74, 6) is 0.411. The number of rotatable bonds is 3. The van der Waals surface area contributed by atoms with E-state index in [0.29, 0.717) is 11.5 Å². The molecular weight excluding hydrogens is 242 g/mol. The van der Waals surface area contributed by atoms with Crippen LogP contribution in [0.5, 0.6) is 0 Å². The summed E-state index contributed by atoms with van der Waals surface area (Å²) in [6.45, 7) is 3.83. The molecule has 0 saturated carbocycles. The molecule has 0 saturated heterocycles. The molecule has 1 rings (SSSR count). The number of hydrogen-bond acceptors (Lipinski definition) is 5. The third-order valence-electron chi connectivity index (χ3n) is 2.41. The van der Waals surface area contributed by atoms with E-state index in [2.05, 4.69) is 4.99 Å². The van der Waals surface area contributed by atoms with Gasteiger partial charge in [-0.25, -0.2) is 4.99 Å². The minimum absolute atomic E-state index is 0.0110. The Balaban J connectivity index is 2.92. The fourth-order valence-corrected chi connectivity index (χ4v) is 1.61. The molecule has 17 heavy (non-hydrogen) atoms. The van der Waals surface area contributed by atoms with Gasteiger partial charge in [0.1, 0.15) is 0 Å². The van der Waals surface area contributed by atoms with Crippen LogP contribution in [0.25, 0.3) is 0 Å². The Labute approximate surface area is 102 Å². The van der Waals surface area contributed by atoms with Gasteiger partial charge in [-0.3, -0.25) is 4.18 Å². The molecule has 1 atom stereocenters.